The zero-order valence-electron chi connectivity index (χ0n) is 5.59. The maximum atomic E-state index is 9.14. The molecule has 0 atom stereocenters. The molecule has 1 aliphatic rings. The maximum Gasteiger partial charge on any atom is 0.114 e. The molecule has 0 saturated heterocycles. The fourth-order valence-electron chi connectivity index (χ4n) is 0.905. The Balaban J connectivity index is 2.68. The highest BCUT2D eigenvalue weighted by Gasteiger charge is 2.02. The normalized spacial score (nSPS) is 18.8. The minimum absolute atomic E-state index is 0.458. The molecule has 49 valence electrons. The second-order valence-electron chi connectivity index (χ2n) is 2.11. The van der Waals surface area contributed by atoms with Crippen LogP contribution in [0.4, 0.5) is 0 Å². The van der Waals surface area contributed by atoms with E-state index in [0.29, 0.717) is 5.76 Å². The van der Waals surface area contributed by atoms with Gasteiger partial charge in [-0.15, -0.1) is 0 Å². The van der Waals surface area contributed by atoms with Crippen LogP contribution in [0.1, 0.15) is 19.8 Å². The summed E-state index contributed by atoms with van der Waals surface area (Å²) in [6.07, 6.45) is 7.65. The number of rotatable bonds is 1. The number of hydrogen-bond donors (Lipinski definition) is 1. The molecule has 0 unspecified atom stereocenters. The highest BCUT2D eigenvalue weighted by molar-refractivity contribution is 5.31. The Morgan fingerprint density at radius 1 is 1.67 bits per heavy atom. The van der Waals surface area contributed by atoms with Crippen LogP contribution in [-0.4, -0.2) is 5.11 Å². The zero-order valence-corrected chi connectivity index (χ0v) is 5.59. The molecule has 0 bridgehead atoms. The van der Waals surface area contributed by atoms with Crippen LogP contribution in [0.5, 0.6) is 0 Å². The van der Waals surface area contributed by atoms with Crippen molar-refractivity contribution >= 4 is 0 Å². The van der Waals surface area contributed by atoms with E-state index in [1.807, 2.05) is 19.1 Å². The van der Waals surface area contributed by atoms with Crippen LogP contribution < -0.4 is 0 Å². The van der Waals surface area contributed by atoms with Crippen LogP contribution in [0.3, 0.4) is 0 Å². The minimum Gasteiger partial charge on any atom is -0.508 e. The lowest BCUT2D eigenvalue weighted by atomic mass is 10.0. The molecule has 0 fully saturated rings. The second kappa shape index (κ2) is 2.72. The van der Waals surface area contributed by atoms with Crippen LogP contribution in [0.2, 0.25) is 0 Å². The van der Waals surface area contributed by atoms with Crippen LogP contribution >= 0.6 is 0 Å². The van der Waals surface area contributed by atoms with Crippen molar-refractivity contribution in [3.05, 3.63) is 29.9 Å². The van der Waals surface area contributed by atoms with Crippen molar-refractivity contribution in [1.29, 1.82) is 0 Å². The molecule has 1 rings (SSSR count). The summed E-state index contributed by atoms with van der Waals surface area (Å²) in [4.78, 5) is 0. The third-order valence-electron chi connectivity index (χ3n) is 1.48. The lowest BCUT2D eigenvalue weighted by Crippen LogP contribution is -1.92. The van der Waals surface area contributed by atoms with Gasteiger partial charge < -0.3 is 5.11 Å². The number of aliphatic hydroxyl groups excluding tert-OH is 1. The van der Waals surface area contributed by atoms with E-state index in [0.717, 1.165) is 18.4 Å². The molecular formula is C8H11O. The summed E-state index contributed by atoms with van der Waals surface area (Å²) in [6.45, 7) is 2.04. The SMILES string of the molecule is CCC1=C[CH]CC=C1O. The van der Waals surface area contributed by atoms with Gasteiger partial charge in [-0.2, -0.15) is 0 Å². The molecule has 0 saturated carbocycles. The number of hydrogen-bond acceptors (Lipinski definition) is 1. The van der Waals surface area contributed by atoms with Crippen molar-refractivity contribution in [2.75, 3.05) is 0 Å². The summed E-state index contributed by atoms with van der Waals surface area (Å²) in [5, 5.41) is 9.14. The molecule has 0 amide bonds. The number of allylic oxidation sites excluding steroid dienone is 3. The molecule has 1 heteroatoms. The molecule has 1 aliphatic carbocycles. The number of aliphatic hydroxyl groups is 1. The summed E-state index contributed by atoms with van der Waals surface area (Å²) in [6, 6.07) is 0. The standard InChI is InChI=1S/C8H11O/c1-2-7-5-3-4-6-8(7)9/h3,5-6,9H,2,4H2,1H3. The first-order valence-electron chi connectivity index (χ1n) is 3.26. The molecule has 1 radical (unpaired) electrons. The lowest BCUT2D eigenvalue weighted by molar-refractivity contribution is 0.416. The van der Waals surface area contributed by atoms with E-state index in [-0.39, 0.29) is 0 Å². The van der Waals surface area contributed by atoms with E-state index in [2.05, 4.69) is 6.42 Å². The highest BCUT2D eigenvalue weighted by Crippen LogP contribution is 2.17. The molecule has 0 spiro atoms. The largest absolute Gasteiger partial charge is 0.508 e. The van der Waals surface area contributed by atoms with E-state index >= 15 is 0 Å². The Morgan fingerprint density at radius 3 is 2.89 bits per heavy atom. The van der Waals surface area contributed by atoms with E-state index in [1.165, 1.54) is 0 Å². The van der Waals surface area contributed by atoms with Crippen molar-refractivity contribution in [1.82, 2.24) is 0 Å². The molecule has 0 aromatic carbocycles. The molecule has 0 aromatic rings. The first-order valence-corrected chi connectivity index (χ1v) is 3.26. The average molecular weight is 123 g/mol. The monoisotopic (exact) mass is 123 g/mol. The molecule has 1 N–H and O–H groups in total. The quantitative estimate of drug-likeness (QED) is 0.567. The third-order valence-corrected chi connectivity index (χ3v) is 1.48. The predicted molar refractivity (Wildman–Crippen MR) is 38.0 cm³/mol. The van der Waals surface area contributed by atoms with Gasteiger partial charge in [0.15, 0.2) is 0 Å². The molecule has 1 nitrogen and oxygen atoms in total. The Labute approximate surface area is 55.7 Å². The van der Waals surface area contributed by atoms with E-state index in [1.54, 1.807) is 0 Å². The molecule has 0 aromatic heterocycles. The van der Waals surface area contributed by atoms with Gasteiger partial charge in [-0.25, -0.2) is 0 Å². The molecular weight excluding hydrogens is 112 g/mol. The smallest absolute Gasteiger partial charge is 0.114 e. The van der Waals surface area contributed by atoms with Gasteiger partial charge in [0.05, 0.1) is 0 Å². The fourth-order valence-corrected chi connectivity index (χ4v) is 0.905. The molecule has 0 heterocycles. The zero-order chi connectivity index (χ0) is 6.69. The van der Waals surface area contributed by atoms with Gasteiger partial charge in [0.2, 0.25) is 0 Å². The van der Waals surface area contributed by atoms with Crippen LogP contribution in [0, 0.1) is 6.42 Å². The Morgan fingerprint density at radius 2 is 2.44 bits per heavy atom. The van der Waals surface area contributed by atoms with Crippen LogP contribution in [-0.2, 0) is 0 Å². The topological polar surface area (TPSA) is 20.2 Å². The van der Waals surface area contributed by atoms with Crippen LogP contribution in [0.25, 0.3) is 0 Å². The summed E-state index contributed by atoms with van der Waals surface area (Å²) in [7, 11) is 0. The molecule has 0 aliphatic heterocycles. The summed E-state index contributed by atoms with van der Waals surface area (Å²) < 4.78 is 0. The Kier molecular flexibility index (Phi) is 1.93. The first kappa shape index (κ1) is 6.40. The fraction of sp³-hybridized carbons (Fsp3) is 0.375. The van der Waals surface area contributed by atoms with Gasteiger partial charge in [-0.05, 0) is 30.9 Å². The second-order valence-corrected chi connectivity index (χ2v) is 2.11. The van der Waals surface area contributed by atoms with Gasteiger partial charge in [0.25, 0.3) is 0 Å². The maximum absolute atomic E-state index is 9.14. The van der Waals surface area contributed by atoms with Crippen molar-refractivity contribution in [2.24, 2.45) is 0 Å². The predicted octanol–water partition coefficient (Wildman–Crippen LogP) is 2.37. The van der Waals surface area contributed by atoms with Gasteiger partial charge in [-0.1, -0.05) is 13.0 Å². The van der Waals surface area contributed by atoms with Crippen molar-refractivity contribution < 1.29 is 5.11 Å². The van der Waals surface area contributed by atoms with Gasteiger partial charge in [0.1, 0.15) is 5.76 Å². The minimum atomic E-state index is 0.458. The Hall–Kier alpha value is -0.720. The Bertz CT molecular complexity index is 154. The van der Waals surface area contributed by atoms with Gasteiger partial charge >= 0.3 is 0 Å². The van der Waals surface area contributed by atoms with E-state index < -0.39 is 0 Å². The first-order chi connectivity index (χ1) is 4.34. The highest BCUT2D eigenvalue weighted by atomic mass is 16.3. The summed E-state index contributed by atoms with van der Waals surface area (Å²) in [5.74, 6) is 0.458. The van der Waals surface area contributed by atoms with Crippen molar-refractivity contribution in [2.45, 2.75) is 19.8 Å². The van der Waals surface area contributed by atoms with E-state index in [9.17, 15) is 0 Å². The lowest BCUT2D eigenvalue weighted by Gasteiger charge is -2.07. The van der Waals surface area contributed by atoms with Crippen LogP contribution in [0.15, 0.2) is 23.5 Å². The third kappa shape index (κ3) is 1.35. The summed E-state index contributed by atoms with van der Waals surface area (Å²) in [5.41, 5.74) is 1.04. The van der Waals surface area contributed by atoms with Gasteiger partial charge in [0, 0.05) is 0 Å². The average Bonchev–Trinajstić information content (AvgIpc) is 1.89. The molecule has 9 heavy (non-hydrogen) atoms. The summed E-state index contributed by atoms with van der Waals surface area (Å²) >= 11 is 0. The van der Waals surface area contributed by atoms with Gasteiger partial charge in [-0.3, -0.25) is 0 Å². The van der Waals surface area contributed by atoms with Crippen molar-refractivity contribution in [3.8, 4) is 0 Å². The van der Waals surface area contributed by atoms with Crippen molar-refractivity contribution in [3.63, 3.8) is 0 Å². The van der Waals surface area contributed by atoms with E-state index in [4.69, 9.17) is 5.11 Å².